The van der Waals surface area contributed by atoms with Crippen LogP contribution in [0.4, 0.5) is 11.6 Å². The lowest BCUT2D eigenvalue weighted by atomic mass is 10.2. The number of hydrogen-bond acceptors (Lipinski definition) is 4. The molecule has 0 radical (unpaired) electrons. The summed E-state index contributed by atoms with van der Waals surface area (Å²) >= 11 is 0. The van der Waals surface area contributed by atoms with Crippen LogP contribution in [0.1, 0.15) is 12.5 Å². The predicted octanol–water partition coefficient (Wildman–Crippen LogP) is 2.31. The molecule has 126 valence electrons. The molecule has 2 N–H and O–H groups in total. The van der Waals surface area contributed by atoms with Gasteiger partial charge < -0.3 is 10.2 Å². The second kappa shape index (κ2) is 6.05. The molecule has 4 rings (SSSR count). The maximum Gasteiger partial charge on any atom is 0.260 e. The summed E-state index contributed by atoms with van der Waals surface area (Å²) in [6.07, 6.45) is 0.861. The predicted molar refractivity (Wildman–Crippen MR) is 97.9 cm³/mol. The number of anilines is 2. The van der Waals surface area contributed by atoms with Crippen LogP contribution in [0, 0.1) is 0 Å². The Labute approximate surface area is 144 Å². The topological polar surface area (TPSA) is 78.1 Å². The van der Waals surface area contributed by atoms with Crippen LogP contribution in [0.3, 0.4) is 0 Å². The van der Waals surface area contributed by atoms with Crippen LogP contribution in [0.5, 0.6) is 0 Å². The third-order valence-corrected chi connectivity index (χ3v) is 4.49. The molecule has 1 unspecified atom stereocenters. The van der Waals surface area contributed by atoms with E-state index in [1.54, 1.807) is 30.0 Å². The van der Waals surface area contributed by atoms with Crippen molar-refractivity contribution in [3.05, 3.63) is 64.4 Å². The van der Waals surface area contributed by atoms with Gasteiger partial charge in [-0.2, -0.15) is 0 Å². The van der Waals surface area contributed by atoms with Gasteiger partial charge in [0.1, 0.15) is 6.04 Å². The lowest BCUT2D eigenvalue weighted by Gasteiger charge is -2.22. The molecular weight excluding hydrogens is 316 g/mol. The average Bonchev–Trinajstić information content (AvgIpc) is 3.05. The highest BCUT2D eigenvalue weighted by Gasteiger charge is 2.28. The van der Waals surface area contributed by atoms with Crippen LogP contribution in [-0.2, 0) is 11.2 Å². The van der Waals surface area contributed by atoms with Crippen molar-refractivity contribution >= 4 is 28.4 Å². The van der Waals surface area contributed by atoms with Crippen molar-refractivity contribution in [1.29, 1.82) is 0 Å². The van der Waals surface area contributed by atoms with E-state index in [0.29, 0.717) is 23.4 Å². The molecule has 3 aromatic rings. The van der Waals surface area contributed by atoms with Gasteiger partial charge in [0.25, 0.3) is 5.56 Å². The van der Waals surface area contributed by atoms with Crippen LogP contribution in [0.15, 0.2) is 53.3 Å². The first-order valence-electron chi connectivity index (χ1n) is 8.28. The first-order chi connectivity index (χ1) is 12.1. The minimum atomic E-state index is -0.504. The molecule has 6 heteroatoms. The zero-order valence-corrected chi connectivity index (χ0v) is 13.8. The summed E-state index contributed by atoms with van der Waals surface area (Å²) in [5.74, 6) is 0.262. The Balaban J connectivity index is 1.57. The van der Waals surface area contributed by atoms with Gasteiger partial charge in [0.15, 0.2) is 0 Å². The maximum absolute atomic E-state index is 12.8. The van der Waals surface area contributed by atoms with Crippen molar-refractivity contribution in [1.82, 2.24) is 9.97 Å². The van der Waals surface area contributed by atoms with E-state index in [0.717, 1.165) is 12.1 Å². The maximum atomic E-state index is 12.8. The molecular formula is C19H18N4O2. The summed E-state index contributed by atoms with van der Waals surface area (Å²) in [5.41, 5.74) is 2.51. The van der Waals surface area contributed by atoms with E-state index < -0.39 is 6.04 Å². The van der Waals surface area contributed by atoms with E-state index in [2.05, 4.69) is 15.3 Å². The second-order valence-electron chi connectivity index (χ2n) is 6.17. The Bertz CT molecular complexity index is 1010. The molecule has 1 aliphatic rings. The van der Waals surface area contributed by atoms with Crippen LogP contribution in [0.2, 0.25) is 0 Å². The fourth-order valence-electron chi connectivity index (χ4n) is 3.22. The fourth-order valence-corrected chi connectivity index (χ4v) is 3.22. The quantitative estimate of drug-likeness (QED) is 0.770. The van der Waals surface area contributed by atoms with Crippen molar-refractivity contribution in [2.24, 2.45) is 0 Å². The number of nitrogens with one attached hydrogen (secondary N) is 2. The standard InChI is InChI=1S/C19H18N4O2/c1-12(18(25)23-11-10-13-6-2-5-9-16(13)23)20-19-21-15-8-4-3-7-14(15)17(24)22-19/h2-9,12H,10-11H2,1H3,(H2,20,21,22,24). The van der Waals surface area contributed by atoms with Crippen molar-refractivity contribution in [3.63, 3.8) is 0 Å². The van der Waals surface area contributed by atoms with Crippen molar-refractivity contribution < 1.29 is 4.79 Å². The van der Waals surface area contributed by atoms with E-state index in [4.69, 9.17) is 0 Å². The SMILES string of the molecule is CC(Nc1nc2ccccc2c(=O)[nH]1)C(=O)N1CCc2ccccc21. The molecule has 6 nitrogen and oxygen atoms in total. The molecule has 0 aliphatic carbocycles. The number of para-hydroxylation sites is 2. The number of rotatable bonds is 3. The van der Waals surface area contributed by atoms with Gasteiger partial charge in [0.2, 0.25) is 11.9 Å². The lowest BCUT2D eigenvalue weighted by molar-refractivity contribution is -0.118. The van der Waals surface area contributed by atoms with Crippen molar-refractivity contribution in [3.8, 4) is 0 Å². The zero-order valence-electron chi connectivity index (χ0n) is 13.8. The zero-order chi connectivity index (χ0) is 17.4. The second-order valence-corrected chi connectivity index (χ2v) is 6.17. The Morgan fingerprint density at radius 3 is 2.84 bits per heavy atom. The minimum Gasteiger partial charge on any atom is -0.344 e. The van der Waals surface area contributed by atoms with Crippen molar-refractivity contribution in [2.45, 2.75) is 19.4 Å². The third-order valence-electron chi connectivity index (χ3n) is 4.49. The number of amides is 1. The van der Waals surface area contributed by atoms with Crippen LogP contribution in [-0.4, -0.2) is 28.5 Å². The number of carbonyl (C=O) groups is 1. The van der Waals surface area contributed by atoms with Crippen LogP contribution in [0.25, 0.3) is 10.9 Å². The Morgan fingerprint density at radius 2 is 1.96 bits per heavy atom. The molecule has 25 heavy (non-hydrogen) atoms. The lowest BCUT2D eigenvalue weighted by Crippen LogP contribution is -2.41. The number of hydrogen-bond donors (Lipinski definition) is 2. The summed E-state index contributed by atoms with van der Waals surface area (Å²) in [6, 6.07) is 14.5. The molecule has 1 atom stereocenters. The fraction of sp³-hybridized carbons (Fsp3) is 0.211. The highest BCUT2D eigenvalue weighted by Crippen LogP contribution is 2.28. The monoisotopic (exact) mass is 334 g/mol. The van der Waals surface area contributed by atoms with Gasteiger partial charge in [-0.25, -0.2) is 4.98 Å². The number of benzene rings is 2. The summed E-state index contributed by atoms with van der Waals surface area (Å²) in [5, 5.41) is 3.55. The minimum absolute atomic E-state index is 0.0410. The number of nitrogens with zero attached hydrogens (tertiary/aromatic N) is 2. The molecule has 2 heterocycles. The number of aromatic amines is 1. The highest BCUT2D eigenvalue weighted by molar-refractivity contribution is 6.00. The first kappa shape index (κ1) is 15.4. The number of fused-ring (bicyclic) bond motifs is 2. The van der Waals surface area contributed by atoms with Gasteiger partial charge in [-0.3, -0.25) is 14.6 Å². The summed E-state index contributed by atoms with van der Waals surface area (Å²) in [7, 11) is 0. The van der Waals surface area contributed by atoms with Crippen LogP contribution < -0.4 is 15.8 Å². The van der Waals surface area contributed by atoms with Gasteiger partial charge in [0, 0.05) is 12.2 Å². The molecule has 1 aromatic heterocycles. The van der Waals surface area contributed by atoms with E-state index in [1.807, 2.05) is 30.3 Å². The van der Waals surface area contributed by atoms with Crippen LogP contribution >= 0.6 is 0 Å². The average molecular weight is 334 g/mol. The highest BCUT2D eigenvalue weighted by atomic mass is 16.2. The molecule has 2 aromatic carbocycles. The van der Waals surface area contributed by atoms with E-state index in [-0.39, 0.29) is 11.5 Å². The normalized spacial score (nSPS) is 14.4. The Hall–Kier alpha value is -3.15. The van der Waals surface area contributed by atoms with Gasteiger partial charge in [-0.15, -0.1) is 0 Å². The summed E-state index contributed by atoms with van der Waals surface area (Å²) < 4.78 is 0. The van der Waals surface area contributed by atoms with Crippen molar-refractivity contribution in [2.75, 3.05) is 16.8 Å². The van der Waals surface area contributed by atoms with E-state index >= 15 is 0 Å². The summed E-state index contributed by atoms with van der Waals surface area (Å²) in [6.45, 7) is 2.45. The van der Waals surface area contributed by atoms with Gasteiger partial charge in [-0.05, 0) is 37.1 Å². The van der Waals surface area contributed by atoms with Gasteiger partial charge >= 0.3 is 0 Å². The molecule has 0 fully saturated rings. The van der Waals surface area contributed by atoms with Gasteiger partial charge in [-0.1, -0.05) is 30.3 Å². The third kappa shape index (κ3) is 2.76. The molecule has 1 aliphatic heterocycles. The molecule has 0 bridgehead atoms. The Kier molecular flexibility index (Phi) is 3.72. The first-order valence-corrected chi connectivity index (χ1v) is 8.28. The van der Waals surface area contributed by atoms with E-state index in [9.17, 15) is 9.59 Å². The van der Waals surface area contributed by atoms with E-state index in [1.165, 1.54) is 5.56 Å². The smallest absolute Gasteiger partial charge is 0.260 e. The largest absolute Gasteiger partial charge is 0.344 e. The molecule has 0 saturated carbocycles. The van der Waals surface area contributed by atoms with Gasteiger partial charge in [0.05, 0.1) is 10.9 Å². The number of aromatic nitrogens is 2. The molecule has 0 spiro atoms. The Morgan fingerprint density at radius 1 is 1.20 bits per heavy atom. The summed E-state index contributed by atoms with van der Waals surface area (Å²) in [4.78, 5) is 33.8. The number of carbonyl (C=O) groups excluding carboxylic acids is 1. The number of H-pyrrole nitrogens is 1. The molecule has 1 amide bonds. The molecule has 0 saturated heterocycles.